The number of benzene rings is 2. The third-order valence-electron chi connectivity index (χ3n) is 3.33. The molecule has 0 saturated heterocycles. The minimum absolute atomic E-state index is 0.0262. The molecular formula is C18H19N2O6. The van der Waals surface area contributed by atoms with E-state index in [9.17, 15) is 9.59 Å². The molecule has 8 nitrogen and oxygen atoms in total. The van der Waals surface area contributed by atoms with Crippen molar-refractivity contribution in [2.45, 2.75) is 13.2 Å². The molecule has 1 radical (unpaired) electrons. The fourth-order valence-corrected chi connectivity index (χ4v) is 2.08. The van der Waals surface area contributed by atoms with Gasteiger partial charge in [-0.2, -0.15) is 0 Å². The number of ether oxygens (including phenoxy) is 4. The summed E-state index contributed by atoms with van der Waals surface area (Å²) < 4.78 is 20.2. The van der Waals surface area contributed by atoms with Gasteiger partial charge >= 0.3 is 12.2 Å². The first-order chi connectivity index (χ1) is 12.6. The first-order valence-corrected chi connectivity index (χ1v) is 7.68. The molecule has 0 spiro atoms. The molecule has 0 unspecified atom stereocenters. The molecule has 0 fully saturated rings. The first-order valence-electron chi connectivity index (χ1n) is 7.68. The van der Waals surface area contributed by atoms with Crippen molar-refractivity contribution >= 4 is 12.2 Å². The summed E-state index contributed by atoms with van der Waals surface area (Å²) in [5.74, 6) is 1.18. The molecule has 0 saturated carbocycles. The van der Waals surface area contributed by atoms with Gasteiger partial charge in [0.2, 0.25) is 0 Å². The zero-order valence-corrected chi connectivity index (χ0v) is 14.4. The van der Waals surface area contributed by atoms with Crippen LogP contribution in [0.4, 0.5) is 9.59 Å². The summed E-state index contributed by atoms with van der Waals surface area (Å²) in [5.41, 5.74) is 6.63. The Kier molecular flexibility index (Phi) is 7.11. The second kappa shape index (κ2) is 9.77. The highest BCUT2D eigenvalue weighted by atomic mass is 16.6. The maximum atomic E-state index is 11.6. The average Bonchev–Trinajstić information content (AvgIpc) is 2.69. The summed E-state index contributed by atoms with van der Waals surface area (Å²) in [5, 5.41) is 0. The van der Waals surface area contributed by atoms with E-state index >= 15 is 0 Å². The van der Waals surface area contributed by atoms with E-state index in [1.54, 1.807) is 48.5 Å². The van der Waals surface area contributed by atoms with Crippen LogP contribution in [-0.4, -0.2) is 26.4 Å². The molecule has 137 valence electrons. The third kappa shape index (κ3) is 5.59. The smallest absolute Gasteiger partial charge is 0.451 e. The SMILES string of the molecule is COc1ccccc1COC(=O)[N]NC(=O)OCc1ccccc1OC. The molecule has 2 amide bonds. The maximum Gasteiger partial charge on any atom is 0.451 e. The van der Waals surface area contributed by atoms with Gasteiger partial charge < -0.3 is 18.9 Å². The molecule has 8 heteroatoms. The van der Waals surface area contributed by atoms with Gasteiger partial charge in [0.25, 0.3) is 0 Å². The highest BCUT2D eigenvalue weighted by Gasteiger charge is 2.11. The van der Waals surface area contributed by atoms with Crippen molar-refractivity contribution < 1.29 is 28.5 Å². The van der Waals surface area contributed by atoms with Crippen LogP contribution in [-0.2, 0) is 22.7 Å². The summed E-state index contributed by atoms with van der Waals surface area (Å²) in [7, 11) is 3.04. The number of hydrogen-bond donors (Lipinski definition) is 1. The fourth-order valence-electron chi connectivity index (χ4n) is 2.08. The second-order valence-corrected chi connectivity index (χ2v) is 4.98. The van der Waals surface area contributed by atoms with Crippen LogP contribution in [0, 0.1) is 0 Å². The van der Waals surface area contributed by atoms with Crippen molar-refractivity contribution in [3.8, 4) is 11.5 Å². The fraction of sp³-hybridized carbons (Fsp3) is 0.222. The van der Waals surface area contributed by atoms with E-state index in [0.29, 0.717) is 22.6 Å². The van der Waals surface area contributed by atoms with Crippen LogP contribution < -0.4 is 20.3 Å². The van der Waals surface area contributed by atoms with Crippen molar-refractivity contribution in [3.05, 3.63) is 59.7 Å². The lowest BCUT2D eigenvalue weighted by Crippen LogP contribution is -2.36. The van der Waals surface area contributed by atoms with Crippen molar-refractivity contribution in [1.82, 2.24) is 10.9 Å². The predicted molar refractivity (Wildman–Crippen MR) is 91.6 cm³/mol. The molecule has 0 aromatic heterocycles. The molecule has 0 bridgehead atoms. The Bertz CT molecular complexity index is 686. The molecule has 0 aliphatic carbocycles. The van der Waals surface area contributed by atoms with Gasteiger partial charge in [0.05, 0.1) is 14.2 Å². The van der Waals surface area contributed by atoms with Crippen molar-refractivity contribution in [2.24, 2.45) is 0 Å². The number of nitrogens with zero attached hydrogens (tertiary/aromatic N) is 1. The Hall–Kier alpha value is -3.42. The second-order valence-electron chi connectivity index (χ2n) is 4.98. The Morgan fingerprint density at radius 1 is 0.846 bits per heavy atom. The number of nitrogens with one attached hydrogen (secondary N) is 1. The van der Waals surface area contributed by atoms with Gasteiger partial charge in [-0.3, -0.25) is 0 Å². The lowest BCUT2D eigenvalue weighted by Gasteiger charge is -2.10. The third-order valence-corrected chi connectivity index (χ3v) is 3.33. The minimum atomic E-state index is -0.954. The van der Waals surface area contributed by atoms with E-state index in [1.807, 2.05) is 5.43 Å². The molecular weight excluding hydrogens is 340 g/mol. The average molecular weight is 359 g/mol. The van der Waals surface area contributed by atoms with Crippen molar-refractivity contribution in [3.63, 3.8) is 0 Å². The molecule has 26 heavy (non-hydrogen) atoms. The van der Waals surface area contributed by atoms with E-state index in [-0.39, 0.29) is 13.2 Å². The summed E-state index contributed by atoms with van der Waals surface area (Å²) in [6.07, 6.45) is -1.84. The maximum absolute atomic E-state index is 11.6. The van der Waals surface area contributed by atoms with Crippen LogP contribution >= 0.6 is 0 Å². The van der Waals surface area contributed by atoms with Gasteiger partial charge in [0, 0.05) is 11.1 Å². The van der Waals surface area contributed by atoms with Gasteiger partial charge in [-0.1, -0.05) is 41.8 Å². The van der Waals surface area contributed by atoms with Crippen LogP contribution in [0.2, 0.25) is 0 Å². The van der Waals surface area contributed by atoms with E-state index in [1.165, 1.54) is 14.2 Å². The Labute approximate surface area is 151 Å². The number of carbonyl (C=O) groups is 2. The van der Waals surface area contributed by atoms with Gasteiger partial charge in [0.15, 0.2) is 0 Å². The lowest BCUT2D eigenvalue weighted by molar-refractivity contribution is 0.115. The number of rotatable bonds is 6. The Balaban J connectivity index is 1.72. The highest BCUT2D eigenvalue weighted by Crippen LogP contribution is 2.18. The van der Waals surface area contributed by atoms with E-state index < -0.39 is 12.2 Å². The summed E-state index contributed by atoms with van der Waals surface area (Å²) in [6, 6.07) is 14.2. The quantitative estimate of drug-likeness (QED) is 0.797. The topological polar surface area (TPSA) is 97.2 Å². The minimum Gasteiger partial charge on any atom is -0.496 e. The van der Waals surface area contributed by atoms with Crippen LogP contribution in [0.3, 0.4) is 0 Å². The van der Waals surface area contributed by atoms with Gasteiger partial charge in [0.1, 0.15) is 24.7 Å². The standard InChI is InChI=1S/C18H19N2O6/c1-23-15-9-5-3-7-13(15)11-25-17(21)19-20-18(22)26-12-14-8-4-6-10-16(14)24-2/h3-10H,11-12H2,1-2H3,(H,19,21). The monoisotopic (exact) mass is 359 g/mol. The number of para-hydroxylation sites is 2. The lowest BCUT2D eigenvalue weighted by atomic mass is 10.2. The summed E-state index contributed by atoms with van der Waals surface area (Å²) in [6.45, 7) is -0.0636. The molecule has 2 rings (SSSR count). The predicted octanol–water partition coefficient (Wildman–Crippen LogP) is 2.79. The highest BCUT2D eigenvalue weighted by molar-refractivity contribution is 5.73. The van der Waals surface area contributed by atoms with E-state index in [0.717, 1.165) is 0 Å². The first kappa shape index (κ1) is 18.9. The van der Waals surface area contributed by atoms with E-state index in [4.69, 9.17) is 18.9 Å². The van der Waals surface area contributed by atoms with Gasteiger partial charge in [-0.25, -0.2) is 15.0 Å². The Morgan fingerprint density at radius 2 is 1.35 bits per heavy atom. The van der Waals surface area contributed by atoms with Crippen LogP contribution in [0.1, 0.15) is 11.1 Å². The summed E-state index contributed by atoms with van der Waals surface area (Å²) >= 11 is 0. The summed E-state index contributed by atoms with van der Waals surface area (Å²) in [4.78, 5) is 23.2. The van der Waals surface area contributed by atoms with Crippen LogP contribution in [0.5, 0.6) is 11.5 Å². The molecule has 0 heterocycles. The van der Waals surface area contributed by atoms with Crippen LogP contribution in [0.25, 0.3) is 0 Å². The molecule has 2 aromatic carbocycles. The van der Waals surface area contributed by atoms with Gasteiger partial charge in [-0.05, 0) is 12.1 Å². The molecule has 2 aromatic rings. The zero-order valence-electron chi connectivity index (χ0n) is 14.4. The number of methoxy groups -OCH3 is 2. The number of carbonyl (C=O) groups excluding carboxylic acids is 2. The number of hydrogen-bond acceptors (Lipinski definition) is 6. The van der Waals surface area contributed by atoms with Gasteiger partial charge in [-0.15, -0.1) is 0 Å². The largest absolute Gasteiger partial charge is 0.496 e. The van der Waals surface area contributed by atoms with E-state index in [2.05, 4.69) is 5.43 Å². The Morgan fingerprint density at radius 3 is 1.88 bits per heavy atom. The normalized spacial score (nSPS) is 9.77. The molecule has 0 aliphatic rings. The number of amides is 2. The zero-order chi connectivity index (χ0) is 18.8. The van der Waals surface area contributed by atoms with Crippen molar-refractivity contribution in [2.75, 3.05) is 14.2 Å². The van der Waals surface area contributed by atoms with Crippen molar-refractivity contribution in [1.29, 1.82) is 0 Å². The van der Waals surface area contributed by atoms with Crippen LogP contribution in [0.15, 0.2) is 48.5 Å². The molecule has 0 atom stereocenters. The molecule has 0 aliphatic heterocycles. The molecule has 1 N–H and O–H groups in total.